The van der Waals surface area contributed by atoms with Gasteiger partial charge in [-0.3, -0.25) is 0 Å². The number of methoxy groups -OCH3 is 2. The van der Waals surface area contributed by atoms with E-state index in [0.717, 1.165) is 0 Å². The molecule has 0 aromatic heterocycles. The highest BCUT2D eigenvalue weighted by Gasteiger charge is 2.31. The second-order valence-electron chi connectivity index (χ2n) is 6.01. The van der Waals surface area contributed by atoms with Crippen LogP contribution in [0.5, 0.6) is 23.0 Å². The van der Waals surface area contributed by atoms with Crippen molar-refractivity contribution >= 4 is 9.84 Å². The molecule has 1 N–H and O–H groups in total. The zero-order chi connectivity index (χ0) is 19.3. The largest absolute Gasteiger partial charge is 0.493 e. The van der Waals surface area contributed by atoms with Crippen LogP contribution in [0.25, 0.3) is 0 Å². The lowest BCUT2D eigenvalue weighted by molar-refractivity contribution is 0.201. The van der Waals surface area contributed by atoms with Crippen molar-refractivity contribution in [3.8, 4) is 23.0 Å². The molecule has 0 saturated heterocycles. The molecule has 0 amide bonds. The second-order valence-corrected chi connectivity index (χ2v) is 8.01. The van der Waals surface area contributed by atoms with Gasteiger partial charge in [0.2, 0.25) is 5.75 Å². The Labute approximate surface area is 159 Å². The van der Waals surface area contributed by atoms with Crippen LogP contribution in [0.4, 0.5) is 0 Å². The number of nitrogens with one attached hydrogen (secondary N) is 1. The minimum absolute atomic E-state index is 0.0435. The van der Waals surface area contributed by atoms with Gasteiger partial charge < -0.3 is 24.3 Å². The Hall–Kier alpha value is -2.45. The first kappa shape index (κ1) is 19.3. The monoisotopic (exact) mass is 393 g/mol. The minimum atomic E-state index is -3.32. The summed E-state index contributed by atoms with van der Waals surface area (Å²) in [5.41, 5.74) is 0. The van der Waals surface area contributed by atoms with Crippen molar-refractivity contribution in [2.75, 3.05) is 39.7 Å². The van der Waals surface area contributed by atoms with Gasteiger partial charge in [0.1, 0.15) is 23.4 Å². The maximum absolute atomic E-state index is 12.3. The molecular formula is C19H23NO6S. The summed E-state index contributed by atoms with van der Waals surface area (Å²) in [5, 5.41) is 3.17. The molecular weight excluding hydrogens is 370 g/mol. The maximum Gasteiger partial charge on any atom is 0.203 e. The first-order valence-electron chi connectivity index (χ1n) is 8.58. The molecule has 0 radical (unpaired) electrons. The topological polar surface area (TPSA) is 83.1 Å². The van der Waals surface area contributed by atoms with Gasteiger partial charge in [-0.05, 0) is 24.3 Å². The van der Waals surface area contributed by atoms with E-state index in [0.29, 0.717) is 42.7 Å². The third-order valence-electron chi connectivity index (χ3n) is 4.16. The van der Waals surface area contributed by atoms with Crippen molar-refractivity contribution in [2.24, 2.45) is 0 Å². The quantitative estimate of drug-likeness (QED) is 0.686. The molecule has 146 valence electrons. The molecule has 27 heavy (non-hydrogen) atoms. The molecule has 0 fully saturated rings. The van der Waals surface area contributed by atoms with E-state index in [2.05, 4.69) is 5.32 Å². The van der Waals surface area contributed by atoms with Gasteiger partial charge in [0.25, 0.3) is 0 Å². The van der Waals surface area contributed by atoms with E-state index in [9.17, 15) is 8.42 Å². The van der Waals surface area contributed by atoms with E-state index in [1.165, 1.54) is 0 Å². The van der Waals surface area contributed by atoms with Crippen LogP contribution in [0.3, 0.4) is 0 Å². The summed E-state index contributed by atoms with van der Waals surface area (Å²) >= 11 is 0. The zero-order valence-corrected chi connectivity index (χ0v) is 16.1. The van der Waals surface area contributed by atoms with Crippen LogP contribution in [0.2, 0.25) is 0 Å². The Bertz CT molecular complexity index is 861. The SMILES string of the molecule is COc1cccc(OC)c1OCCNC[C@@H]1CS(=O)(=O)c2ccccc2O1. The van der Waals surface area contributed by atoms with Gasteiger partial charge >= 0.3 is 0 Å². The lowest BCUT2D eigenvalue weighted by atomic mass is 10.3. The Morgan fingerprint density at radius 3 is 2.48 bits per heavy atom. The van der Waals surface area contributed by atoms with Crippen molar-refractivity contribution in [1.29, 1.82) is 0 Å². The van der Waals surface area contributed by atoms with Crippen LogP contribution in [0, 0.1) is 0 Å². The van der Waals surface area contributed by atoms with Gasteiger partial charge in [-0.25, -0.2) is 8.42 Å². The number of benzene rings is 2. The van der Waals surface area contributed by atoms with Crippen LogP contribution in [-0.2, 0) is 9.84 Å². The van der Waals surface area contributed by atoms with Gasteiger partial charge in [0.15, 0.2) is 21.3 Å². The van der Waals surface area contributed by atoms with E-state index in [4.69, 9.17) is 18.9 Å². The first-order valence-corrected chi connectivity index (χ1v) is 10.2. The summed E-state index contributed by atoms with van der Waals surface area (Å²) in [7, 11) is -0.188. The van der Waals surface area contributed by atoms with E-state index in [1.807, 2.05) is 6.07 Å². The molecule has 0 bridgehead atoms. The third kappa shape index (κ3) is 4.45. The molecule has 0 aliphatic carbocycles. The number of para-hydroxylation sites is 2. The van der Waals surface area contributed by atoms with Gasteiger partial charge in [-0.15, -0.1) is 0 Å². The van der Waals surface area contributed by atoms with Crippen molar-refractivity contribution in [3.63, 3.8) is 0 Å². The van der Waals surface area contributed by atoms with Crippen LogP contribution >= 0.6 is 0 Å². The molecule has 3 rings (SSSR count). The van der Waals surface area contributed by atoms with Crippen LogP contribution < -0.4 is 24.3 Å². The maximum atomic E-state index is 12.3. The molecule has 7 nitrogen and oxygen atoms in total. The number of fused-ring (bicyclic) bond motifs is 1. The zero-order valence-electron chi connectivity index (χ0n) is 15.3. The molecule has 1 heterocycles. The van der Waals surface area contributed by atoms with Crippen LogP contribution in [0.15, 0.2) is 47.4 Å². The van der Waals surface area contributed by atoms with Crippen molar-refractivity contribution in [3.05, 3.63) is 42.5 Å². The molecule has 0 unspecified atom stereocenters. The van der Waals surface area contributed by atoms with Gasteiger partial charge in [0.05, 0.1) is 20.0 Å². The summed E-state index contributed by atoms with van der Waals surface area (Å²) in [5.74, 6) is 2.08. The lowest BCUT2D eigenvalue weighted by Crippen LogP contribution is -2.41. The molecule has 2 aromatic carbocycles. The average molecular weight is 393 g/mol. The fourth-order valence-corrected chi connectivity index (χ4v) is 4.46. The van der Waals surface area contributed by atoms with E-state index < -0.39 is 15.9 Å². The van der Waals surface area contributed by atoms with E-state index >= 15 is 0 Å². The normalized spacial score (nSPS) is 17.5. The molecule has 1 aliphatic rings. The Kier molecular flexibility index (Phi) is 6.08. The number of ether oxygens (including phenoxy) is 4. The highest BCUT2D eigenvalue weighted by molar-refractivity contribution is 7.91. The fourth-order valence-electron chi connectivity index (χ4n) is 2.90. The smallest absolute Gasteiger partial charge is 0.203 e. The fraction of sp³-hybridized carbons (Fsp3) is 0.368. The van der Waals surface area contributed by atoms with Gasteiger partial charge in [0, 0.05) is 13.1 Å². The Morgan fingerprint density at radius 2 is 1.78 bits per heavy atom. The first-order chi connectivity index (χ1) is 13.0. The number of sulfone groups is 1. The second kappa shape index (κ2) is 8.49. The molecule has 8 heteroatoms. The summed E-state index contributed by atoms with van der Waals surface area (Å²) in [6.45, 7) is 1.29. The highest BCUT2D eigenvalue weighted by atomic mass is 32.2. The molecule has 0 spiro atoms. The molecule has 0 saturated carbocycles. The van der Waals surface area contributed by atoms with Gasteiger partial charge in [-0.2, -0.15) is 0 Å². The summed E-state index contributed by atoms with van der Waals surface area (Å²) in [6, 6.07) is 12.1. The number of hydrogen-bond acceptors (Lipinski definition) is 7. The van der Waals surface area contributed by atoms with Gasteiger partial charge in [-0.1, -0.05) is 18.2 Å². The average Bonchev–Trinajstić information content (AvgIpc) is 2.67. The molecule has 2 aromatic rings. The number of rotatable bonds is 8. The van der Waals surface area contributed by atoms with Crippen LogP contribution in [-0.4, -0.2) is 54.2 Å². The van der Waals surface area contributed by atoms with Crippen molar-refractivity contribution in [2.45, 2.75) is 11.0 Å². The third-order valence-corrected chi connectivity index (χ3v) is 5.98. The van der Waals surface area contributed by atoms with Crippen molar-refractivity contribution < 1.29 is 27.4 Å². The Balaban J connectivity index is 1.51. The van der Waals surface area contributed by atoms with E-state index in [-0.39, 0.29) is 10.6 Å². The highest BCUT2D eigenvalue weighted by Crippen LogP contribution is 2.36. The van der Waals surface area contributed by atoms with E-state index in [1.54, 1.807) is 50.6 Å². The van der Waals surface area contributed by atoms with Crippen LogP contribution in [0.1, 0.15) is 0 Å². The molecule has 1 aliphatic heterocycles. The molecule has 1 atom stereocenters. The predicted molar refractivity (Wildman–Crippen MR) is 101 cm³/mol. The minimum Gasteiger partial charge on any atom is -0.493 e. The summed E-state index contributed by atoms with van der Waals surface area (Å²) in [4.78, 5) is 0.257. The standard InChI is InChI=1S/C19H23NO6S/c1-23-16-7-5-8-17(24-2)19(16)25-11-10-20-12-14-13-27(21,22)18-9-4-3-6-15(18)26-14/h3-9,14,20H,10-13H2,1-2H3/t14-/m1/s1. The van der Waals surface area contributed by atoms with Crippen molar-refractivity contribution in [1.82, 2.24) is 5.32 Å². The Morgan fingerprint density at radius 1 is 1.07 bits per heavy atom. The predicted octanol–water partition coefficient (Wildman–Crippen LogP) is 1.91. The number of hydrogen-bond donors (Lipinski definition) is 1. The summed E-state index contributed by atoms with van der Waals surface area (Å²) in [6.07, 6.45) is -0.439. The summed E-state index contributed by atoms with van der Waals surface area (Å²) < 4.78 is 46.8. The lowest BCUT2D eigenvalue weighted by Gasteiger charge is -2.26.